The second kappa shape index (κ2) is 2.81. The summed E-state index contributed by atoms with van der Waals surface area (Å²) in [5, 5.41) is 0. The fourth-order valence-electron chi connectivity index (χ4n) is 0.569. The molecule has 1 aromatic rings. The Hall–Kier alpha value is -1.57. The van der Waals surface area contributed by atoms with E-state index >= 15 is 0 Å². The van der Waals surface area contributed by atoms with Crippen LogP contribution < -0.4 is 10.5 Å². The number of nitrogens with one attached hydrogen (secondary N) is 1. The van der Waals surface area contributed by atoms with E-state index in [2.05, 4.69) is 10.7 Å². The number of urea groups is 1. The molecule has 8 heteroatoms. The highest BCUT2D eigenvalue weighted by molar-refractivity contribution is 7.88. The number of amides is 2. The van der Waals surface area contributed by atoms with Crippen molar-refractivity contribution in [1.82, 2.24) is 13.7 Å². The largest absolute Gasteiger partial charge is 0.351 e. The van der Waals surface area contributed by atoms with Gasteiger partial charge in [-0.05, 0) is 0 Å². The van der Waals surface area contributed by atoms with Crippen molar-refractivity contribution in [3.63, 3.8) is 0 Å². The zero-order chi connectivity index (χ0) is 9.19. The van der Waals surface area contributed by atoms with Gasteiger partial charge < -0.3 is 5.73 Å². The van der Waals surface area contributed by atoms with Gasteiger partial charge in [-0.25, -0.2) is 18.5 Å². The first-order valence-electron chi connectivity index (χ1n) is 2.83. The van der Waals surface area contributed by atoms with Crippen LogP contribution in [0.2, 0.25) is 0 Å². The molecule has 7 nitrogen and oxygen atoms in total. The third-order valence-electron chi connectivity index (χ3n) is 0.987. The summed E-state index contributed by atoms with van der Waals surface area (Å²) >= 11 is 0. The summed E-state index contributed by atoms with van der Waals surface area (Å²) in [4.78, 5) is 13.7. The van der Waals surface area contributed by atoms with E-state index < -0.39 is 16.2 Å². The van der Waals surface area contributed by atoms with E-state index in [0.29, 0.717) is 0 Å². The highest BCUT2D eigenvalue weighted by Gasteiger charge is 2.12. The van der Waals surface area contributed by atoms with E-state index in [1.54, 1.807) is 4.72 Å². The number of nitrogens with zero attached hydrogens (tertiary/aromatic N) is 2. The fraction of sp³-hybridized carbons (Fsp3) is 0. The molecule has 0 aromatic carbocycles. The third kappa shape index (κ3) is 1.72. The van der Waals surface area contributed by atoms with Crippen molar-refractivity contribution in [2.24, 2.45) is 5.73 Å². The van der Waals surface area contributed by atoms with Crippen LogP contribution in [0, 0.1) is 0 Å². The molecule has 0 unspecified atom stereocenters. The number of imidazole rings is 1. The van der Waals surface area contributed by atoms with Crippen molar-refractivity contribution in [3.8, 4) is 0 Å². The van der Waals surface area contributed by atoms with Crippen molar-refractivity contribution in [1.29, 1.82) is 0 Å². The van der Waals surface area contributed by atoms with Crippen molar-refractivity contribution < 1.29 is 13.2 Å². The summed E-state index contributed by atoms with van der Waals surface area (Å²) in [5.74, 6) is 0. The lowest BCUT2D eigenvalue weighted by Gasteiger charge is -2.02. The van der Waals surface area contributed by atoms with Crippen LogP contribution in [0.3, 0.4) is 0 Å². The van der Waals surface area contributed by atoms with Gasteiger partial charge in [0.05, 0.1) is 0 Å². The van der Waals surface area contributed by atoms with Crippen LogP contribution in [0.15, 0.2) is 18.7 Å². The number of nitrogens with two attached hydrogens (primary N) is 1. The van der Waals surface area contributed by atoms with Crippen LogP contribution >= 0.6 is 0 Å². The van der Waals surface area contributed by atoms with Crippen LogP contribution in [0.25, 0.3) is 0 Å². The summed E-state index contributed by atoms with van der Waals surface area (Å²) in [5.41, 5.74) is 4.62. The molecule has 1 heterocycles. The quantitative estimate of drug-likeness (QED) is 0.600. The summed E-state index contributed by atoms with van der Waals surface area (Å²) in [6, 6.07) is -1.14. The van der Waals surface area contributed by atoms with Gasteiger partial charge in [0.1, 0.15) is 6.33 Å². The number of carbonyl (C=O) groups excluding carboxylic acids is 1. The Morgan fingerprint density at radius 3 is 2.67 bits per heavy atom. The standard InChI is InChI=1S/C4H6N4O3S/c5-4(9)7-12(10,11)8-2-1-6-3-8/h1-3H,(H3,5,7,9). The lowest BCUT2D eigenvalue weighted by molar-refractivity contribution is 0.253. The molecule has 1 rings (SSSR count). The van der Waals surface area contributed by atoms with E-state index in [-0.39, 0.29) is 0 Å². The maximum Gasteiger partial charge on any atom is 0.332 e. The van der Waals surface area contributed by atoms with Crippen LogP contribution in [-0.4, -0.2) is 23.4 Å². The third-order valence-corrected chi connectivity index (χ3v) is 2.22. The average molecular weight is 190 g/mol. The molecule has 3 N–H and O–H groups in total. The van der Waals surface area contributed by atoms with Crippen molar-refractivity contribution in [2.75, 3.05) is 0 Å². The van der Waals surface area contributed by atoms with Crippen LogP contribution in [0.4, 0.5) is 4.79 Å². The molecular formula is C4H6N4O3S. The molecule has 0 bridgehead atoms. The first kappa shape index (κ1) is 8.53. The molecule has 0 atom stereocenters. The van der Waals surface area contributed by atoms with E-state index in [1.165, 1.54) is 12.4 Å². The van der Waals surface area contributed by atoms with Gasteiger partial charge in [-0.15, -0.1) is 0 Å². The molecule has 0 aliphatic heterocycles. The van der Waals surface area contributed by atoms with Crippen LogP contribution in [-0.2, 0) is 10.2 Å². The molecule has 66 valence electrons. The van der Waals surface area contributed by atoms with Gasteiger partial charge in [-0.1, -0.05) is 0 Å². The highest BCUT2D eigenvalue weighted by atomic mass is 32.2. The van der Waals surface area contributed by atoms with Crippen molar-refractivity contribution in [2.45, 2.75) is 0 Å². The lowest BCUT2D eigenvalue weighted by Crippen LogP contribution is -2.38. The highest BCUT2D eigenvalue weighted by Crippen LogP contribution is 1.90. The first-order valence-corrected chi connectivity index (χ1v) is 4.27. The molecular weight excluding hydrogens is 184 g/mol. The van der Waals surface area contributed by atoms with Gasteiger partial charge in [-0.2, -0.15) is 8.42 Å². The maximum absolute atomic E-state index is 11.0. The van der Waals surface area contributed by atoms with Gasteiger partial charge in [-0.3, -0.25) is 0 Å². The molecule has 12 heavy (non-hydrogen) atoms. The summed E-state index contributed by atoms with van der Waals surface area (Å²) < 4.78 is 24.3. The molecule has 0 aliphatic rings. The van der Waals surface area contributed by atoms with Crippen molar-refractivity contribution >= 4 is 16.2 Å². The second-order valence-corrected chi connectivity index (χ2v) is 3.44. The summed E-state index contributed by atoms with van der Waals surface area (Å²) in [7, 11) is -3.89. The van der Waals surface area contributed by atoms with Crippen LogP contribution in [0.5, 0.6) is 0 Å². The van der Waals surface area contributed by atoms with E-state index in [0.717, 1.165) is 10.3 Å². The van der Waals surface area contributed by atoms with E-state index in [4.69, 9.17) is 0 Å². The van der Waals surface area contributed by atoms with Crippen molar-refractivity contribution in [3.05, 3.63) is 18.7 Å². The number of hydrogen-bond acceptors (Lipinski definition) is 4. The van der Waals surface area contributed by atoms with Gasteiger partial charge in [0.15, 0.2) is 0 Å². The fourth-order valence-corrected chi connectivity index (χ4v) is 1.32. The minimum absolute atomic E-state index is 0.734. The van der Waals surface area contributed by atoms with Crippen LogP contribution in [0.1, 0.15) is 0 Å². The number of hydrogen-bond donors (Lipinski definition) is 2. The number of primary amides is 1. The predicted molar refractivity (Wildman–Crippen MR) is 39.3 cm³/mol. The Morgan fingerprint density at radius 2 is 2.25 bits per heavy atom. The molecule has 1 aromatic heterocycles. The van der Waals surface area contributed by atoms with Gasteiger partial charge in [0.25, 0.3) is 0 Å². The topological polar surface area (TPSA) is 107 Å². The van der Waals surface area contributed by atoms with Gasteiger partial charge in [0, 0.05) is 12.4 Å². The molecule has 2 amide bonds. The minimum Gasteiger partial charge on any atom is -0.351 e. The first-order chi connectivity index (χ1) is 5.52. The normalized spacial score (nSPS) is 11.0. The molecule has 0 saturated carbocycles. The Labute approximate surface area is 68.4 Å². The number of rotatable bonds is 2. The Kier molecular flexibility index (Phi) is 2.00. The van der Waals surface area contributed by atoms with Gasteiger partial charge in [0.2, 0.25) is 0 Å². The molecule has 0 aliphatic carbocycles. The summed E-state index contributed by atoms with van der Waals surface area (Å²) in [6.45, 7) is 0. The maximum atomic E-state index is 11.0. The summed E-state index contributed by atoms with van der Waals surface area (Å²) in [6.07, 6.45) is 3.47. The smallest absolute Gasteiger partial charge is 0.332 e. The molecule has 0 spiro atoms. The average Bonchev–Trinajstić information content (AvgIpc) is 2.32. The zero-order valence-electron chi connectivity index (χ0n) is 5.84. The Bertz CT molecular complexity index is 367. The Morgan fingerprint density at radius 1 is 1.58 bits per heavy atom. The van der Waals surface area contributed by atoms with Gasteiger partial charge >= 0.3 is 16.2 Å². The number of aromatic nitrogens is 2. The SMILES string of the molecule is NC(=O)NS(=O)(=O)n1ccnc1. The number of carbonyl (C=O) groups is 1. The second-order valence-electron chi connectivity index (χ2n) is 1.86. The minimum atomic E-state index is -3.89. The van der Waals surface area contributed by atoms with E-state index in [1.807, 2.05) is 0 Å². The molecule has 0 fully saturated rings. The molecule has 0 saturated heterocycles. The Balaban J connectivity index is 2.96. The predicted octanol–water partition coefficient (Wildman–Crippen LogP) is -1.36. The molecule has 0 radical (unpaired) electrons. The van der Waals surface area contributed by atoms with E-state index in [9.17, 15) is 13.2 Å². The lowest BCUT2D eigenvalue weighted by atomic mass is 11.0. The monoisotopic (exact) mass is 190 g/mol. The zero-order valence-corrected chi connectivity index (χ0v) is 6.65.